The zero-order valence-electron chi connectivity index (χ0n) is 13.6. The lowest BCUT2D eigenvalue weighted by molar-refractivity contribution is 0.334. The smallest absolute Gasteiger partial charge is 0.244 e. The molecule has 10 heteroatoms. The summed E-state index contributed by atoms with van der Waals surface area (Å²) in [6.07, 6.45) is 2.19. The molecule has 0 spiro atoms. The molecule has 1 aromatic carbocycles. The Morgan fingerprint density at radius 1 is 1.23 bits per heavy atom. The Hall–Kier alpha value is -0.680. The average molecular weight is 527 g/mol. The van der Waals surface area contributed by atoms with E-state index in [0.29, 0.717) is 27.5 Å². The van der Waals surface area contributed by atoms with Gasteiger partial charge in [-0.15, -0.1) is 0 Å². The van der Waals surface area contributed by atoms with Crippen LogP contribution in [0.15, 0.2) is 54.9 Å². The molecule has 0 radical (unpaired) electrons. The third kappa shape index (κ3) is 4.41. The highest BCUT2D eigenvalue weighted by Gasteiger charge is 2.39. The molecule has 26 heavy (non-hydrogen) atoms. The van der Waals surface area contributed by atoms with Gasteiger partial charge < -0.3 is 4.42 Å². The van der Waals surface area contributed by atoms with Crippen LogP contribution in [-0.2, 0) is 26.3 Å². The van der Waals surface area contributed by atoms with E-state index in [1.54, 1.807) is 24.3 Å². The second-order valence-electron chi connectivity index (χ2n) is 6.08. The van der Waals surface area contributed by atoms with Crippen LogP contribution in [0.1, 0.15) is 12.2 Å². The van der Waals surface area contributed by atoms with E-state index < -0.39 is 25.9 Å². The minimum Gasteiger partial charge on any atom is -0.469 e. The van der Waals surface area contributed by atoms with Crippen LogP contribution in [0.2, 0.25) is 0 Å². The summed E-state index contributed by atoms with van der Waals surface area (Å²) in [6, 6.07) is 7.82. The molecule has 0 bridgehead atoms. The number of sulfone groups is 1. The van der Waals surface area contributed by atoms with Crippen molar-refractivity contribution in [2.75, 3.05) is 18.1 Å². The van der Waals surface area contributed by atoms with Gasteiger partial charge in [0.05, 0.1) is 22.7 Å². The molecule has 142 valence electrons. The molecular weight excluding hydrogens is 510 g/mol. The van der Waals surface area contributed by atoms with Crippen molar-refractivity contribution in [1.82, 2.24) is 4.31 Å². The molecule has 0 unspecified atom stereocenters. The van der Waals surface area contributed by atoms with Gasteiger partial charge in [-0.25, -0.2) is 16.8 Å². The SMILES string of the molecule is O=S1(=O)CC[C@H](N(CCc2ccco2)S(=O)(=O)c2cc(Br)ccc2Br)C1. The Bertz CT molecular complexity index is 988. The molecule has 2 heterocycles. The number of nitrogens with zero attached hydrogens (tertiary/aromatic N) is 1. The average Bonchev–Trinajstić information content (AvgIpc) is 3.19. The van der Waals surface area contributed by atoms with Crippen LogP contribution in [0.3, 0.4) is 0 Å². The molecule has 1 atom stereocenters. The summed E-state index contributed by atoms with van der Waals surface area (Å²) in [6.45, 7) is 0.148. The van der Waals surface area contributed by atoms with Gasteiger partial charge in [-0.3, -0.25) is 0 Å². The second-order valence-corrected chi connectivity index (χ2v) is 11.9. The highest BCUT2D eigenvalue weighted by atomic mass is 79.9. The van der Waals surface area contributed by atoms with Crippen LogP contribution in [-0.4, -0.2) is 45.2 Å². The first-order valence-corrected chi connectivity index (χ1v) is 12.7. The largest absolute Gasteiger partial charge is 0.469 e. The van der Waals surface area contributed by atoms with E-state index in [1.165, 1.54) is 16.6 Å². The van der Waals surface area contributed by atoms with Gasteiger partial charge in [0.2, 0.25) is 10.0 Å². The fourth-order valence-electron chi connectivity index (χ4n) is 2.98. The minimum atomic E-state index is -3.89. The van der Waals surface area contributed by atoms with E-state index >= 15 is 0 Å². The standard InChI is InChI=1S/C16H17Br2NO5S2/c17-12-3-4-15(18)16(10-12)26(22,23)19(7-5-14-2-1-8-24-14)13-6-9-25(20,21)11-13/h1-4,8,10,13H,5-7,9,11H2/t13-/m0/s1. The van der Waals surface area contributed by atoms with Gasteiger partial charge in [-0.2, -0.15) is 4.31 Å². The first kappa shape index (κ1) is 20.1. The van der Waals surface area contributed by atoms with E-state index in [-0.39, 0.29) is 22.9 Å². The number of sulfonamides is 1. The topological polar surface area (TPSA) is 84.7 Å². The quantitative estimate of drug-likeness (QED) is 0.577. The van der Waals surface area contributed by atoms with Crippen LogP contribution in [0.25, 0.3) is 0 Å². The normalized spacial score (nSPS) is 19.9. The molecule has 1 aliphatic rings. The third-order valence-electron chi connectivity index (χ3n) is 4.25. The molecule has 0 aliphatic carbocycles. The van der Waals surface area contributed by atoms with E-state index in [4.69, 9.17) is 4.42 Å². The van der Waals surface area contributed by atoms with Crippen LogP contribution in [0.4, 0.5) is 0 Å². The van der Waals surface area contributed by atoms with E-state index in [2.05, 4.69) is 31.9 Å². The number of benzene rings is 1. The van der Waals surface area contributed by atoms with Crippen molar-refractivity contribution in [2.24, 2.45) is 0 Å². The molecule has 1 fully saturated rings. The number of hydrogen-bond acceptors (Lipinski definition) is 5. The fourth-order valence-corrected chi connectivity index (χ4v) is 7.92. The Labute approximate surface area is 169 Å². The molecule has 0 saturated carbocycles. The molecule has 0 N–H and O–H groups in total. The van der Waals surface area contributed by atoms with Gasteiger partial charge in [0.1, 0.15) is 5.76 Å². The fraction of sp³-hybridized carbons (Fsp3) is 0.375. The van der Waals surface area contributed by atoms with Crippen LogP contribution in [0, 0.1) is 0 Å². The zero-order chi connectivity index (χ0) is 18.9. The van der Waals surface area contributed by atoms with Crippen molar-refractivity contribution in [2.45, 2.75) is 23.8 Å². The highest BCUT2D eigenvalue weighted by Crippen LogP contribution is 2.31. The Morgan fingerprint density at radius 3 is 2.62 bits per heavy atom. The summed E-state index contributed by atoms with van der Waals surface area (Å²) >= 11 is 6.59. The molecular formula is C16H17Br2NO5S2. The van der Waals surface area contributed by atoms with Gasteiger partial charge in [-0.05, 0) is 52.7 Å². The first-order chi connectivity index (χ1) is 12.2. The highest BCUT2D eigenvalue weighted by molar-refractivity contribution is 9.11. The summed E-state index contributed by atoms with van der Waals surface area (Å²) in [5.74, 6) is 0.500. The predicted molar refractivity (Wildman–Crippen MR) is 105 cm³/mol. The molecule has 0 amide bonds. The van der Waals surface area contributed by atoms with E-state index in [0.717, 1.165) is 0 Å². The molecule has 1 aromatic heterocycles. The van der Waals surface area contributed by atoms with Crippen molar-refractivity contribution in [3.63, 3.8) is 0 Å². The molecule has 6 nitrogen and oxygen atoms in total. The van der Waals surface area contributed by atoms with Gasteiger partial charge in [0, 0.05) is 28.0 Å². The minimum absolute atomic E-state index is 0.00406. The Morgan fingerprint density at radius 2 is 2.00 bits per heavy atom. The van der Waals surface area contributed by atoms with Crippen LogP contribution in [0.5, 0.6) is 0 Å². The summed E-state index contributed by atoms with van der Waals surface area (Å²) < 4.78 is 58.1. The van der Waals surface area contributed by atoms with Crippen LogP contribution >= 0.6 is 31.9 Å². The zero-order valence-corrected chi connectivity index (χ0v) is 18.4. The predicted octanol–water partition coefficient (Wildman–Crippen LogP) is 3.23. The molecule has 3 rings (SSSR count). The Kier molecular flexibility index (Phi) is 5.98. The summed E-state index contributed by atoms with van der Waals surface area (Å²) in [5.41, 5.74) is 0. The maximum atomic E-state index is 13.3. The van der Waals surface area contributed by atoms with Gasteiger partial charge in [-0.1, -0.05) is 15.9 Å². The van der Waals surface area contributed by atoms with Gasteiger partial charge >= 0.3 is 0 Å². The number of furan rings is 1. The van der Waals surface area contributed by atoms with Crippen molar-refractivity contribution in [3.8, 4) is 0 Å². The molecule has 1 aliphatic heterocycles. The van der Waals surface area contributed by atoms with Crippen molar-refractivity contribution < 1.29 is 21.3 Å². The second kappa shape index (κ2) is 7.75. The molecule has 1 saturated heterocycles. The van der Waals surface area contributed by atoms with E-state index in [1.807, 2.05) is 0 Å². The number of halogens is 2. The van der Waals surface area contributed by atoms with Crippen molar-refractivity contribution in [3.05, 3.63) is 51.3 Å². The van der Waals surface area contributed by atoms with E-state index in [9.17, 15) is 16.8 Å². The number of rotatable bonds is 6. The summed E-state index contributed by atoms with van der Waals surface area (Å²) in [7, 11) is -7.11. The summed E-state index contributed by atoms with van der Waals surface area (Å²) in [4.78, 5) is 0.107. The molecule has 2 aromatic rings. The monoisotopic (exact) mass is 525 g/mol. The third-order valence-corrected chi connectivity index (χ3v) is 9.44. The van der Waals surface area contributed by atoms with Gasteiger partial charge in [0.25, 0.3) is 0 Å². The maximum Gasteiger partial charge on any atom is 0.244 e. The number of hydrogen-bond donors (Lipinski definition) is 0. The lowest BCUT2D eigenvalue weighted by atomic mass is 10.2. The van der Waals surface area contributed by atoms with Crippen LogP contribution < -0.4 is 0 Å². The first-order valence-electron chi connectivity index (χ1n) is 7.89. The maximum absolute atomic E-state index is 13.3. The van der Waals surface area contributed by atoms with Gasteiger partial charge in [0.15, 0.2) is 9.84 Å². The summed E-state index contributed by atoms with van der Waals surface area (Å²) in [5, 5.41) is 0. The van der Waals surface area contributed by atoms with Crippen molar-refractivity contribution in [1.29, 1.82) is 0 Å². The lowest BCUT2D eigenvalue weighted by Gasteiger charge is -2.27. The Balaban J connectivity index is 1.96. The van der Waals surface area contributed by atoms with Crippen molar-refractivity contribution >= 4 is 51.7 Å². The lowest BCUT2D eigenvalue weighted by Crippen LogP contribution is -2.42.